The van der Waals surface area contributed by atoms with Gasteiger partial charge in [0.2, 0.25) is 11.8 Å². The fourth-order valence-electron chi connectivity index (χ4n) is 3.72. The molecule has 0 saturated carbocycles. The molecule has 29 heavy (non-hydrogen) atoms. The third-order valence-electron chi connectivity index (χ3n) is 5.34. The van der Waals surface area contributed by atoms with Gasteiger partial charge in [-0.2, -0.15) is 0 Å². The van der Waals surface area contributed by atoms with E-state index in [-0.39, 0.29) is 41.6 Å². The molecule has 1 unspecified atom stereocenters. The van der Waals surface area contributed by atoms with Crippen LogP contribution in [0.15, 0.2) is 18.2 Å². The second-order valence-corrected chi connectivity index (χ2v) is 7.75. The normalized spacial score (nSPS) is 20.4. The van der Waals surface area contributed by atoms with Crippen LogP contribution in [0.4, 0.5) is 4.39 Å². The number of carbonyl (C=O) groups is 3. The molecule has 0 aromatic heterocycles. The largest absolute Gasteiger partial charge is 0.378 e. The molecule has 3 rings (SSSR count). The number of amides is 3. The number of ether oxygens (including phenoxy) is 1. The highest BCUT2D eigenvalue weighted by atomic mass is 35.5. The molecule has 0 bridgehead atoms. The van der Waals surface area contributed by atoms with Crippen LogP contribution in [0.1, 0.15) is 29.6 Å². The van der Waals surface area contributed by atoms with Crippen molar-refractivity contribution in [3.63, 3.8) is 0 Å². The number of nitrogens with zero attached hydrogens (tertiary/aromatic N) is 3. The Kier molecular flexibility index (Phi) is 7.08. The minimum absolute atomic E-state index is 0.00722. The first kappa shape index (κ1) is 21.5. The van der Waals surface area contributed by atoms with Crippen molar-refractivity contribution in [3.05, 3.63) is 34.6 Å². The Morgan fingerprint density at radius 3 is 2.62 bits per heavy atom. The topological polar surface area (TPSA) is 70.2 Å². The Labute approximate surface area is 174 Å². The summed E-state index contributed by atoms with van der Waals surface area (Å²) >= 11 is 6.02. The van der Waals surface area contributed by atoms with E-state index in [1.54, 1.807) is 4.90 Å². The lowest BCUT2D eigenvalue weighted by molar-refractivity contribution is -0.131. The summed E-state index contributed by atoms with van der Waals surface area (Å²) in [4.78, 5) is 42.2. The molecule has 1 aromatic rings. The summed E-state index contributed by atoms with van der Waals surface area (Å²) in [6, 6.07) is 3.56. The monoisotopic (exact) mass is 425 g/mol. The van der Waals surface area contributed by atoms with Gasteiger partial charge < -0.3 is 19.4 Å². The molecule has 158 valence electrons. The lowest BCUT2D eigenvalue weighted by Gasteiger charge is -2.24. The molecule has 1 aromatic carbocycles. The van der Waals surface area contributed by atoms with E-state index in [1.165, 1.54) is 24.1 Å². The van der Waals surface area contributed by atoms with E-state index in [9.17, 15) is 18.8 Å². The zero-order valence-electron chi connectivity index (χ0n) is 16.4. The molecule has 0 radical (unpaired) electrons. The number of likely N-dealkylation sites (tertiary alicyclic amines) is 1. The van der Waals surface area contributed by atoms with Gasteiger partial charge in [0.15, 0.2) is 0 Å². The fourth-order valence-corrected chi connectivity index (χ4v) is 3.97. The van der Waals surface area contributed by atoms with E-state index >= 15 is 0 Å². The van der Waals surface area contributed by atoms with Crippen molar-refractivity contribution in [2.24, 2.45) is 0 Å². The van der Waals surface area contributed by atoms with Crippen molar-refractivity contribution in [1.82, 2.24) is 14.7 Å². The van der Waals surface area contributed by atoms with E-state index in [0.29, 0.717) is 32.5 Å². The van der Waals surface area contributed by atoms with Gasteiger partial charge in [0.05, 0.1) is 16.7 Å². The van der Waals surface area contributed by atoms with Gasteiger partial charge in [-0.15, -0.1) is 0 Å². The highest BCUT2D eigenvalue weighted by molar-refractivity contribution is 6.33. The predicted molar refractivity (Wildman–Crippen MR) is 105 cm³/mol. The van der Waals surface area contributed by atoms with Crippen LogP contribution in [-0.4, -0.2) is 84.9 Å². The van der Waals surface area contributed by atoms with Crippen molar-refractivity contribution < 1.29 is 23.5 Å². The maximum Gasteiger partial charge on any atom is 0.255 e. The van der Waals surface area contributed by atoms with Crippen molar-refractivity contribution in [2.75, 3.05) is 46.4 Å². The Morgan fingerprint density at radius 2 is 1.97 bits per heavy atom. The van der Waals surface area contributed by atoms with E-state index in [2.05, 4.69) is 0 Å². The van der Waals surface area contributed by atoms with E-state index < -0.39 is 11.7 Å². The molecule has 2 fully saturated rings. The SMILES string of the molecule is COC1CN(CCCN2CCCC2=O)C(=O)CN(C(=O)c2ccc(F)cc2Cl)C1. The summed E-state index contributed by atoms with van der Waals surface area (Å²) in [7, 11) is 1.54. The van der Waals surface area contributed by atoms with Gasteiger partial charge in [-0.1, -0.05) is 11.6 Å². The molecular weight excluding hydrogens is 401 g/mol. The Hall–Kier alpha value is -2.19. The van der Waals surface area contributed by atoms with Crippen molar-refractivity contribution in [2.45, 2.75) is 25.4 Å². The maximum atomic E-state index is 13.3. The number of hydrogen-bond donors (Lipinski definition) is 0. The van der Waals surface area contributed by atoms with Gasteiger partial charge in [0.1, 0.15) is 12.4 Å². The standard InChI is InChI=1S/C20H25ClFN3O4/c1-29-15-11-24(9-3-8-23-7-2-4-18(23)26)19(27)13-25(12-15)20(28)16-6-5-14(22)10-17(16)21/h5-6,10,15H,2-4,7-9,11-13H2,1H3. The summed E-state index contributed by atoms with van der Waals surface area (Å²) in [5.74, 6) is -0.996. The van der Waals surface area contributed by atoms with Gasteiger partial charge in [-0.05, 0) is 31.0 Å². The summed E-state index contributed by atoms with van der Waals surface area (Å²) in [6.07, 6.45) is 1.80. The molecule has 2 heterocycles. The van der Waals surface area contributed by atoms with E-state index in [1.807, 2.05) is 4.90 Å². The fraction of sp³-hybridized carbons (Fsp3) is 0.550. The maximum absolute atomic E-state index is 13.3. The molecule has 3 amide bonds. The molecule has 0 spiro atoms. The summed E-state index contributed by atoms with van der Waals surface area (Å²) < 4.78 is 18.8. The summed E-state index contributed by atoms with van der Waals surface area (Å²) in [5.41, 5.74) is 0.150. The van der Waals surface area contributed by atoms with Crippen molar-refractivity contribution in [1.29, 1.82) is 0 Å². The van der Waals surface area contributed by atoms with Gasteiger partial charge >= 0.3 is 0 Å². The average Bonchev–Trinajstić information content (AvgIpc) is 3.01. The number of hydrogen-bond acceptors (Lipinski definition) is 4. The Morgan fingerprint density at radius 1 is 1.21 bits per heavy atom. The van der Waals surface area contributed by atoms with E-state index in [0.717, 1.165) is 19.0 Å². The van der Waals surface area contributed by atoms with Crippen molar-refractivity contribution in [3.8, 4) is 0 Å². The van der Waals surface area contributed by atoms with Crippen LogP contribution >= 0.6 is 11.6 Å². The number of rotatable bonds is 6. The quantitative estimate of drug-likeness (QED) is 0.696. The van der Waals surface area contributed by atoms with Crippen LogP contribution < -0.4 is 0 Å². The minimum Gasteiger partial charge on any atom is -0.378 e. The third kappa shape index (κ3) is 5.25. The van der Waals surface area contributed by atoms with Gasteiger partial charge in [-0.25, -0.2) is 4.39 Å². The Balaban J connectivity index is 1.64. The molecule has 2 aliphatic heterocycles. The van der Waals surface area contributed by atoms with Gasteiger partial charge in [0, 0.05) is 46.3 Å². The van der Waals surface area contributed by atoms with Crippen LogP contribution in [0.2, 0.25) is 5.02 Å². The predicted octanol–water partition coefficient (Wildman–Crippen LogP) is 1.79. The van der Waals surface area contributed by atoms with Crippen LogP contribution in [-0.2, 0) is 14.3 Å². The summed E-state index contributed by atoms with van der Waals surface area (Å²) in [5, 5.41) is 0.00722. The van der Waals surface area contributed by atoms with Gasteiger partial charge in [0.25, 0.3) is 5.91 Å². The van der Waals surface area contributed by atoms with Crippen LogP contribution in [0.3, 0.4) is 0 Å². The zero-order valence-corrected chi connectivity index (χ0v) is 17.2. The minimum atomic E-state index is -0.532. The van der Waals surface area contributed by atoms with Crippen LogP contribution in [0.5, 0.6) is 0 Å². The highest BCUT2D eigenvalue weighted by Crippen LogP contribution is 2.21. The smallest absolute Gasteiger partial charge is 0.255 e. The molecular formula is C20H25ClFN3O4. The number of benzene rings is 1. The summed E-state index contributed by atoms with van der Waals surface area (Å²) in [6.45, 7) is 2.37. The molecule has 2 aliphatic rings. The molecule has 1 atom stereocenters. The third-order valence-corrected chi connectivity index (χ3v) is 5.65. The molecule has 0 N–H and O–H groups in total. The van der Waals surface area contributed by atoms with Crippen molar-refractivity contribution >= 4 is 29.3 Å². The van der Waals surface area contributed by atoms with Crippen LogP contribution in [0, 0.1) is 5.82 Å². The Bertz CT molecular complexity index is 791. The lowest BCUT2D eigenvalue weighted by Crippen LogP contribution is -2.40. The second kappa shape index (κ2) is 9.54. The second-order valence-electron chi connectivity index (χ2n) is 7.35. The first-order valence-corrected chi connectivity index (χ1v) is 10.1. The molecule has 2 saturated heterocycles. The molecule has 7 nitrogen and oxygen atoms in total. The number of methoxy groups -OCH3 is 1. The first-order chi connectivity index (χ1) is 13.9. The van der Waals surface area contributed by atoms with Gasteiger partial charge in [-0.3, -0.25) is 14.4 Å². The average molecular weight is 426 g/mol. The first-order valence-electron chi connectivity index (χ1n) is 9.71. The number of carbonyl (C=O) groups excluding carboxylic acids is 3. The van der Waals surface area contributed by atoms with E-state index in [4.69, 9.17) is 16.3 Å². The van der Waals surface area contributed by atoms with Crippen LogP contribution in [0.25, 0.3) is 0 Å². The lowest BCUT2D eigenvalue weighted by atomic mass is 10.2. The zero-order chi connectivity index (χ0) is 21.0. The molecule has 9 heteroatoms. The highest BCUT2D eigenvalue weighted by Gasteiger charge is 2.31. The number of halogens is 2. The molecule has 0 aliphatic carbocycles.